The Hall–Kier alpha value is -2.76. The van der Waals surface area contributed by atoms with Crippen molar-refractivity contribution in [2.45, 2.75) is 58.1 Å². The van der Waals surface area contributed by atoms with Crippen molar-refractivity contribution >= 4 is 23.6 Å². The normalized spacial score (nSPS) is 34.0. The Morgan fingerprint density at radius 3 is 2.06 bits per heavy atom. The molecule has 4 aliphatic rings. The van der Waals surface area contributed by atoms with Crippen LogP contribution in [0.4, 0.5) is 0 Å². The number of hydrogen-bond donors (Lipinski definition) is 0. The lowest BCUT2D eigenvalue weighted by molar-refractivity contribution is -0.153. The van der Waals surface area contributed by atoms with Crippen LogP contribution in [0.5, 0.6) is 0 Å². The third-order valence-corrected chi connectivity index (χ3v) is 7.90. The van der Waals surface area contributed by atoms with Gasteiger partial charge in [0.05, 0.1) is 17.8 Å². The van der Waals surface area contributed by atoms with Crippen LogP contribution in [0.1, 0.15) is 54.9 Å². The zero-order chi connectivity index (χ0) is 22.6. The molecule has 1 aromatic carbocycles. The van der Waals surface area contributed by atoms with Gasteiger partial charge in [0.15, 0.2) is 6.10 Å². The van der Waals surface area contributed by atoms with Crippen LogP contribution < -0.4 is 0 Å². The minimum absolute atomic E-state index is 0.0137. The van der Waals surface area contributed by atoms with E-state index in [2.05, 4.69) is 12.2 Å². The standard InChI is InChI=1S/C26H29NO5/c1-14-3-5-16(6-4-14)23(28)15(2)32-26(31)17-9-11-20(12-10-17)27-24(29)21-18-7-8-19(13-18)22(21)25(27)30/h3-8,15,17-22H,9-13H2,1-2H3/t15-,17?,18-,19-,20?,21-,22-/m0/s1. The van der Waals surface area contributed by atoms with Gasteiger partial charge in [-0.05, 0) is 57.8 Å². The van der Waals surface area contributed by atoms with Crippen LogP contribution in [0, 0.1) is 36.5 Å². The molecule has 32 heavy (non-hydrogen) atoms. The lowest BCUT2D eigenvalue weighted by Gasteiger charge is -2.33. The molecule has 0 aromatic heterocycles. The minimum atomic E-state index is -0.841. The Morgan fingerprint density at radius 1 is 0.938 bits per heavy atom. The summed E-state index contributed by atoms with van der Waals surface area (Å²) in [4.78, 5) is 52.8. The summed E-state index contributed by atoms with van der Waals surface area (Å²) in [5.74, 6) is -0.826. The average molecular weight is 436 g/mol. The van der Waals surface area contributed by atoms with Gasteiger partial charge in [0.1, 0.15) is 0 Å². The maximum Gasteiger partial charge on any atom is 0.309 e. The number of imide groups is 1. The number of ketones is 1. The number of hydrogen-bond acceptors (Lipinski definition) is 5. The van der Waals surface area contributed by atoms with E-state index in [1.807, 2.05) is 19.1 Å². The maximum absolute atomic E-state index is 13.0. The first-order chi connectivity index (χ1) is 15.3. The molecule has 6 heteroatoms. The summed E-state index contributed by atoms with van der Waals surface area (Å²) in [6.07, 6.45) is 6.64. The Kier molecular flexibility index (Phi) is 5.26. The highest BCUT2D eigenvalue weighted by molar-refractivity contribution is 6.06. The molecule has 1 aliphatic heterocycles. The Bertz CT molecular complexity index is 958. The molecule has 1 aromatic rings. The van der Waals surface area contributed by atoms with E-state index in [4.69, 9.17) is 4.74 Å². The van der Waals surface area contributed by atoms with Crippen molar-refractivity contribution in [3.63, 3.8) is 0 Å². The van der Waals surface area contributed by atoms with E-state index in [0.29, 0.717) is 31.2 Å². The summed E-state index contributed by atoms with van der Waals surface area (Å²) in [6, 6.07) is 7.08. The van der Waals surface area contributed by atoms with E-state index in [0.717, 1.165) is 12.0 Å². The quantitative estimate of drug-likeness (QED) is 0.306. The zero-order valence-corrected chi connectivity index (χ0v) is 18.5. The molecule has 168 valence electrons. The summed E-state index contributed by atoms with van der Waals surface area (Å²) in [5.41, 5.74) is 1.59. The van der Waals surface area contributed by atoms with Gasteiger partial charge in [0, 0.05) is 11.6 Å². The van der Waals surface area contributed by atoms with Gasteiger partial charge < -0.3 is 4.74 Å². The molecule has 2 bridgehead atoms. The number of carbonyl (C=O) groups is 4. The fraction of sp³-hybridized carbons (Fsp3) is 0.538. The van der Waals surface area contributed by atoms with Crippen molar-refractivity contribution in [1.82, 2.24) is 4.90 Å². The highest BCUT2D eigenvalue weighted by Crippen LogP contribution is 2.53. The van der Waals surface area contributed by atoms with E-state index in [1.54, 1.807) is 19.1 Å². The number of ether oxygens (including phenoxy) is 1. The number of fused-ring (bicyclic) bond motifs is 5. The molecule has 6 nitrogen and oxygen atoms in total. The molecule has 3 aliphatic carbocycles. The Morgan fingerprint density at radius 2 is 1.50 bits per heavy atom. The Labute approximate surface area is 188 Å². The number of rotatable bonds is 5. The van der Waals surface area contributed by atoms with E-state index in [1.165, 1.54) is 4.90 Å². The number of carbonyl (C=O) groups excluding carboxylic acids is 4. The Balaban J connectivity index is 1.16. The molecule has 1 saturated heterocycles. The maximum atomic E-state index is 13.0. The molecule has 0 unspecified atom stereocenters. The van der Waals surface area contributed by atoms with Crippen molar-refractivity contribution in [1.29, 1.82) is 0 Å². The predicted octanol–water partition coefficient (Wildman–Crippen LogP) is 3.48. The number of aryl methyl sites for hydroxylation is 1. The topological polar surface area (TPSA) is 80.8 Å². The molecule has 0 radical (unpaired) electrons. The summed E-state index contributed by atoms with van der Waals surface area (Å²) >= 11 is 0. The van der Waals surface area contributed by atoms with Gasteiger partial charge in [-0.25, -0.2) is 0 Å². The van der Waals surface area contributed by atoms with Crippen LogP contribution in [0.2, 0.25) is 0 Å². The van der Waals surface area contributed by atoms with Gasteiger partial charge >= 0.3 is 5.97 Å². The summed E-state index contributed by atoms with van der Waals surface area (Å²) in [6.45, 7) is 3.55. The molecule has 5 rings (SSSR count). The van der Waals surface area contributed by atoms with E-state index < -0.39 is 6.10 Å². The molecule has 0 N–H and O–H groups in total. The van der Waals surface area contributed by atoms with Gasteiger partial charge in [-0.15, -0.1) is 0 Å². The van der Waals surface area contributed by atoms with Crippen LogP contribution >= 0.6 is 0 Å². The lowest BCUT2D eigenvalue weighted by atomic mass is 9.85. The van der Waals surface area contributed by atoms with E-state index in [9.17, 15) is 19.2 Å². The third-order valence-electron chi connectivity index (χ3n) is 7.90. The van der Waals surface area contributed by atoms with E-state index >= 15 is 0 Å². The van der Waals surface area contributed by atoms with Crippen molar-refractivity contribution < 1.29 is 23.9 Å². The second kappa shape index (κ2) is 7.98. The predicted molar refractivity (Wildman–Crippen MR) is 116 cm³/mol. The highest BCUT2D eigenvalue weighted by atomic mass is 16.5. The SMILES string of the molecule is Cc1ccc(C(=O)[C@H](C)OC(=O)C2CCC(N3C(=O)[C@@H]4[C@@H](C3=O)[C@H]3C=C[C@H]4C3)CC2)cc1. The highest BCUT2D eigenvalue weighted by Gasteiger charge is 2.60. The average Bonchev–Trinajstić information content (AvgIpc) is 3.47. The van der Waals surface area contributed by atoms with Gasteiger partial charge in [0.25, 0.3) is 0 Å². The number of esters is 1. The van der Waals surface area contributed by atoms with E-state index in [-0.39, 0.29) is 59.2 Å². The summed E-state index contributed by atoms with van der Waals surface area (Å²) in [5, 5.41) is 0. The van der Waals surface area contributed by atoms with Gasteiger partial charge in [-0.1, -0.05) is 42.0 Å². The first kappa shape index (κ1) is 21.1. The number of nitrogens with zero attached hydrogens (tertiary/aromatic N) is 1. The molecular formula is C26H29NO5. The smallest absolute Gasteiger partial charge is 0.309 e. The lowest BCUT2D eigenvalue weighted by Crippen LogP contribution is -2.44. The van der Waals surface area contributed by atoms with Crippen molar-refractivity contribution in [3.8, 4) is 0 Å². The second-order valence-corrected chi connectivity index (χ2v) is 9.86. The van der Waals surface area contributed by atoms with Crippen LogP contribution in [0.25, 0.3) is 0 Å². The number of likely N-dealkylation sites (tertiary alicyclic amines) is 1. The van der Waals surface area contributed by atoms with Crippen LogP contribution in [-0.4, -0.2) is 40.6 Å². The molecule has 0 spiro atoms. The number of allylic oxidation sites excluding steroid dienone is 2. The van der Waals surface area contributed by atoms with Gasteiger partial charge in [0.2, 0.25) is 17.6 Å². The van der Waals surface area contributed by atoms with Crippen molar-refractivity contribution in [2.24, 2.45) is 29.6 Å². The van der Waals surface area contributed by atoms with Gasteiger partial charge in [-0.2, -0.15) is 0 Å². The fourth-order valence-corrected chi connectivity index (χ4v) is 6.13. The molecule has 3 fully saturated rings. The number of Topliss-reactive ketones (excluding diaryl/α,β-unsaturated/α-hetero) is 1. The monoisotopic (exact) mass is 435 g/mol. The molecular weight excluding hydrogens is 406 g/mol. The number of amides is 2. The third kappa shape index (κ3) is 3.40. The van der Waals surface area contributed by atoms with Gasteiger partial charge in [-0.3, -0.25) is 24.1 Å². The summed E-state index contributed by atoms with van der Waals surface area (Å²) in [7, 11) is 0. The van der Waals surface area contributed by atoms with Crippen LogP contribution in [-0.2, 0) is 19.1 Å². The zero-order valence-electron chi connectivity index (χ0n) is 18.5. The number of benzene rings is 1. The van der Waals surface area contributed by atoms with Crippen molar-refractivity contribution in [3.05, 3.63) is 47.5 Å². The first-order valence-electron chi connectivity index (χ1n) is 11.7. The molecule has 1 heterocycles. The second-order valence-electron chi connectivity index (χ2n) is 9.86. The molecule has 2 saturated carbocycles. The largest absolute Gasteiger partial charge is 0.454 e. The van der Waals surface area contributed by atoms with Crippen LogP contribution in [0.15, 0.2) is 36.4 Å². The molecule has 5 atom stereocenters. The summed E-state index contributed by atoms with van der Waals surface area (Å²) < 4.78 is 5.49. The fourth-order valence-electron chi connectivity index (χ4n) is 6.13. The van der Waals surface area contributed by atoms with Crippen molar-refractivity contribution in [2.75, 3.05) is 0 Å². The van der Waals surface area contributed by atoms with Crippen LogP contribution in [0.3, 0.4) is 0 Å². The first-order valence-corrected chi connectivity index (χ1v) is 11.7. The molecule has 2 amide bonds. The minimum Gasteiger partial charge on any atom is -0.454 e.